The van der Waals surface area contributed by atoms with Gasteiger partial charge in [0.25, 0.3) is 0 Å². The summed E-state index contributed by atoms with van der Waals surface area (Å²) in [5, 5.41) is 0. The summed E-state index contributed by atoms with van der Waals surface area (Å²) in [7, 11) is 0. The maximum absolute atomic E-state index is 2.44. The minimum atomic E-state index is 0.739. The lowest BCUT2D eigenvalue weighted by Crippen LogP contribution is -2.31. The molecule has 0 heteroatoms. The molecule has 22 heavy (non-hydrogen) atoms. The Morgan fingerprint density at radius 3 is 1.91 bits per heavy atom. The van der Waals surface area contributed by atoms with Crippen LogP contribution < -0.4 is 0 Å². The predicted molar refractivity (Wildman–Crippen MR) is 99.2 cm³/mol. The molecule has 0 atom stereocenters. The van der Waals surface area contributed by atoms with Gasteiger partial charge in [-0.2, -0.15) is 0 Å². The van der Waals surface area contributed by atoms with Crippen molar-refractivity contribution in [1.82, 2.24) is 0 Å². The molecule has 2 aliphatic carbocycles. The van der Waals surface area contributed by atoms with Crippen LogP contribution in [0.5, 0.6) is 0 Å². The van der Waals surface area contributed by atoms with Gasteiger partial charge in [0.15, 0.2) is 0 Å². The molecule has 0 aliphatic heterocycles. The smallest absolute Gasteiger partial charge is 0.0300 e. The molecule has 2 saturated carbocycles. The molecule has 0 heterocycles. The van der Waals surface area contributed by atoms with Crippen LogP contribution in [0.15, 0.2) is 0 Å². The summed E-state index contributed by atoms with van der Waals surface area (Å²) in [5.41, 5.74) is 0.739. The zero-order chi connectivity index (χ0) is 15.8. The van der Waals surface area contributed by atoms with Crippen LogP contribution in [0.25, 0.3) is 0 Å². The first-order chi connectivity index (χ1) is 10.7. The van der Waals surface area contributed by atoms with Crippen molar-refractivity contribution in [2.24, 2.45) is 23.2 Å². The van der Waals surface area contributed by atoms with E-state index in [4.69, 9.17) is 0 Å². The van der Waals surface area contributed by atoms with Gasteiger partial charge in [0.2, 0.25) is 0 Å². The van der Waals surface area contributed by atoms with Crippen molar-refractivity contribution in [3.05, 3.63) is 0 Å². The Kier molecular flexibility index (Phi) is 7.78. The summed E-state index contributed by atoms with van der Waals surface area (Å²) in [6.45, 7) is 7.15. The fourth-order valence-corrected chi connectivity index (χ4v) is 5.67. The molecule has 2 fully saturated rings. The molecule has 0 aromatic heterocycles. The van der Waals surface area contributed by atoms with Crippen LogP contribution in [-0.2, 0) is 0 Å². The predicted octanol–water partition coefficient (Wildman–Crippen LogP) is 7.76. The Morgan fingerprint density at radius 1 is 0.727 bits per heavy atom. The average molecular weight is 307 g/mol. The van der Waals surface area contributed by atoms with Gasteiger partial charge in [0, 0.05) is 0 Å². The first-order valence-corrected chi connectivity index (χ1v) is 10.7. The standard InChI is InChI=1S/C22H42/c1-4-7-8-9-19-10-12-20(13-11-19)21-14-17-22(6-3,16-5-2)18-15-21/h19-21H,4-18H2,1-3H3. The third-order valence-electron chi connectivity index (χ3n) is 7.40. The molecule has 0 N–H and O–H groups in total. The Hall–Kier alpha value is 0. The summed E-state index contributed by atoms with van der Waals surface area (Å²) in [5.74, 6) is 3.27. The molecule has 0 spiro atoms. The van der Waals surface area contributed by atoms with E-state index in [1.54, 1.807) is 51.4 Å². The van der Waals surface area contributed by atoms with E-state index in [2.05, 4.69) is 20.8 Å². The van der Waals surface area contributed by atoms with Crippen LogP contribution >= 0.6 is 0 Å². The molecular weight excluding hydrogens is 264 g/mol. The van der Waals surface area contributed by atoms with E-state index in [0.717, 1.165) is 23.2 Å². The molecular formula is C22H42. The average Bonchev–Trinajstić information content (AvgIpc) is 2.57. The molecule has 0 amide bonds. The van der Waals surface area contributed by atoms with Crippen molar-refractivity contribution >= 4 is 0 Å². The van der Waals surface area contributed by atoms with Crippen LogP contribution in [-0.4, -0.2) is 0 Å². The lowest BCUT2D eigenvalue weighted by molar-refractivity contribution is 0.0812. The van der Waals surface area contributed by atoms with Crippen LogP contribution in [0.3, 0.4) is 0 Å². The highest BCUT2D eigenvalue weighted by Crippen LogP contribution is 2.49. The summed E-state index contributed by atoms with van der Waals surface area (Å²) < 4.78 is 0. The molecule has 0 bridgehead atoms. The fourth-order valence-electron chi connectivity index (χ4n) is 5.67. The third-order valence-corrected chi connectivity index (χ3v) is 7.40. The molecule has 0 aromatic rings. The number of hydrogen-bond donors (Lipinski definition) is 0. The first-order valence-electron chi connectivity index (χ1n) is 10.7. The van der Waals surface area contributed by atoms with Gasteiger partial charge >= 0.3 is 0 Å². The fraction of sp³-hybridized carbons (Fsp3) is 1.00. The zero-order valence-electron chi connectivity index (χ0n) is 15.8. The minimum absolute atomic E-state index is 0.739. The zero-order valence-corrected chi connectivity index (χ0v) is 15.8. The maximum atomic E-state index is 2.44. The van der Waals surface area contributed by atoms with Crippen molar-refractivity contribution in [3.63, 3.8) is 0 Å². The monoisotopic (exact) mass is 306 g/mol. The minimum Gasteiger partial charge on any atom is -0.0654 e. The van der Waals surface area contributed by atoms with Crippen molar-refractivity contribution in [1.29, 1.82) is 0 Å². The van der Waals surface area contributed by atoms with Gasteiger partial charge in [-0.15, -0.1) is 0 Å². The van der Waals surface area contributed by atoms with E-state index in [9.17, 15) is 0 Å². The topological polar surface area (TPSA) is 0 Å². The molecule has 0 radical (unpaired) electrons. The highest BCUT2D eigenvalue weighted by atomic mass is 14.4. The second kappa shape index (κ2) is 9.33. The van der Waals surface area contributed by atoms with E-state index >= 15 is 0 Å². The lowest BCUT2D eigenvalue weighted by atomic mass is 9.62. The van der Waals surface area contributed by atoms with Gasteiger partial charge in [-0.25, -0.2) is 0 Å². The first kappa shape index (κ1) is 18.3. The van der Waals surface area contributed by atoms with Gasteiger partial charge in [0.1, 0.15) is 0 Å². The largest absolute Gasteiger partial charge is 0.0654 e. The number of hydrogen-bond acceptors (Lipinski definition) is 0. The molecule has 0 aromatic carbocycles. The summed E-state index contributed by atoms with van der Waals surface area (Å²) in [6, 6.07) is 0. The van der Waals surface area contributed by atoms with Crippen molar-refractivity contribution in [2.75, 3.05) is 0 Å². The SMILES string of the molecule is CCCCCC1CCC(C2CCC(CC)(CCC)CC2)CC1. The van der Waals surface area contributed by atoms with E-state index in [-0.39, 0.29) is 0 Å². The Morgan fingerprint density at radius 2 is 1.36 bits per heavy atom. The van der Waals surface area contributed by atoms with E-state index in [1.165, 1.54) is 44.9 Å². The van der Waals surface area contributed by atoms with Crippen LogP contribution in [0, 0.1) is 23.2 Å². The van der Waals surface area contributed by atoms with Crippen molar-refractivity contribution in [3.8, 4) is 0 Å². The van der Waals surface area contributed by atoms with Crippen LogP contribution in [0.2, 0.25) is 0 Å². The Balaban J connectivity index is 1.70. The van der Waals surface area contributed by atoms with Crippen molar-refractivity contribution < 1.29 is 0 Å². The normalized spacial score (nSPS) is 36.4. The van der Waals surface area contributed by atoms with Gasteiger partial charge in [-0.3, -0.25) is 0 Å². The van der Waals surface area contributed by atoms with Crippen molar-refractivity contribution in [2.45, 2.75) is 117 Å². The molecule has 0 saturated heterocycles. The quantitative estimate of drug-likeness (QED) is 0.402. The van der Waals surface area contributed by atoms with Gasteiger partial charge in [-0.1, -0.05) is 72.1 Å². The molecule has 0 nitrogen and oxygen atoms in total. The summed E-state index contributed by atoms with van der Waals surface area (Å²) in [4.78, 5) is 0. The third kappa shape index (κ3) is 5.00. The Bertz CT molecular complexity index is 276. The van der Waals surface area contributed by atoms with Gasteiger partial charge in [-0.05, 0) is 68.1 Å². The second-order valence-electron chi connectivity index (χ2n) is 8.72. The molecule has 2 rings (SSSR count). The number of unbranched alkanes of at least 4 members (excludes halogenated alkanes) is 2. The van der Waals surface area contributed by atoms with E-state index < -0.39 is 0 Å². The van der Waals surface area contributed by atoms with Gasteiger partial charge in [0.05, 0.1) is 0 Å². The maximum Gasteiger partial charge on any atom is -0.0300 e. The van der Waals surface area contributed by atoms with Crippen LogP contribution in [0.4, 0.5) is 0 Å². The Labute approximate surface area is 140 Å². The lowest BCUT2D eigenvalue weighted by Gasteiger charge is -2.43. The van der Waals surface area contributed by atoms with E-state index in [1.807, 2.05) is 0 Å². The highest BCUT2D eigenvalue weighted by molar-refractivity contribution is 4.88. The second-order valence-corrected chi connectivity index (χ2v) is 8.72. The van der Waals surface area contributed by atoms with Crippen LogP contribution in [0.1, 0.15) is 117 Å². The number of rotatable bonds is 8. The molecule has 0 unspecified atom stereocenters. The summed E-state index contributed by atoms with van der Waals surface area (Å²) in [6.07, 6.45) is 22.6. The highest BCUT2D eigenvalue weighted by Gasteiger charge is 2.36. The van der Waals surface area contributed by atoms with E-state index in [0.29, 0.717) is 0 Å². The van der Waals surface area contributed by atoms with Gasteiger partial charge < -0.3 is 0 Å². The molecule has 130 valence electrons. The summed E-state index contributed by atoms with van der Waals surface area (Å²) >= 11 is 0. The molecule has 2 aliphatic rings.